The second-order valence-electron chi connectivity index (χ2n) is 3.37. The van der Waals surface area contributed by atoms with Gasteiger partial charge in [-0.2, -0.15) is 0 Å². The number of amides is 1. The summed E-state index contributed by atoms with van der Waals surface area (Å²) in [5.41, 5.74) is 0.142. The number of thioether (sulfide) groups is 1. The Hall–Kier alpha value is -2.00. The molecule has 0 aliphatic rings. The predicted octanol–water partition coefficient (Wildman–Crippen LogP) is 1.01. The van der Waals surface area contributed by atoms with E-state index in [9.17, 15) is 9.59 Å². The zero-order chi connectivity index (χ0) is 13.5. The summed E-state index contributed by atoms with van der Waals surface area (Å²) in [6, 6.07) is 2.83. The molecule has 1 rings (SSSR count). The number of carbonyl (C=O) groups is 2. The summed E-state index contributed by atoms with van der Waals surface area (Å²) in [5, 5.41) is 11.5. The summed E-state index contributed by atoms with van der Waals surface area (Å²) in [7, 11) is 0. The predicted molar refractivity (Wildman–Crippen MR) is 68.4 cm³/mol. The minimum absolute atomic E-state index is 0.142. The van der Waals surface area contributed by atoms with Crippen LogP contribution in [0.2, 0.25) is 0 Å². The van der Waals surface area contributed by atoms with Crippen molar-refractivity contribution in [2.24, 2.45) is 0 Å². The van der Waals surface area contributed by atoms with Crippen molar-refractivity contribution in [3.05, 3.63) is 23.9 Å². The van der Waals surface area contributed by atoms with Crippen LogP contribution in [0, 0.1) is 12.3 Å². The fourth-order valence-corrected chi connectivity index (χ4v) is 1.99. The molecule has 1 unspecified atom stereocenters. The lowest BCUT2D eigenvalue weighted by Gasteiger charge is -2.09. The van der Waals surface area contributed by atoms with Gasteiger partial charge in [-0.25, -0.2) is 9.78 Å². The molecule has 1 aromatic heterocycles. The van der Waals surface area contributed by atoms with E-state index in [1.165, 1.54) is 30.1 Å². The Labute approximate surface area is 109 Å². The number of carboxylic acids is 1. The average Bonchev–Trinajstić information content (AvgIpc) is 2.36. The third-order valence-electron chi connectivity index (χ3n) is 2.01. The molecule has 1 aromatic rings. The van der Waals surface area contributed by atoms with Crippen molar-refractivity contribution in [1.82, 2.24) is 10.3 Å². The van der Waals surface area contributed by atoms with Gasteiger partial charge in [0.05, 0.1) is 22.4 Å². The van der Waals surface area contributed by atoms with Crippen molar-refractivity contribution in [1.29, 1.82) is 0 Å². The molecule has 94 valence electrons. The molecule has 18 heavy (non-hydrogen) atoms. The molecule has 1 atom stereocenters. The van der Waals surface area contributed by atoms with Crippen LogP contribution in [-0.4, -0.2) is 33.8 Å². The van der Waals surface area contributed by atoms with E-state index in [-0.39, 0.29) is 18.0 Å². The Kier molecular flexibility index (Phi) is 5.21. The van der Waals surface area contributed by atoms with Crippen LogP contribution in [0.15, 0.2) is 23.4 Å². The number of carbonyl (C=O) groups excluding carboxylic acids is 1. The molecule has 0 aliphatic heterocycles. The topological polar surface area (TPSA) is 79.3 Å². The van der Waals surface area contributed by atoms with E-state index in [0.717, 1.165) is 0 Å². The maximum atomic E-state index is 11.6. The van der Waals surface area contributed by atoms with Crippen molar-refractivity contribution in [3.63, 3.8) is 0 Å². The molecule has 0 aromatic carbocycles. The van der Waals surface area contributed by atoms with E-state index in [0.29, 0.717) is 5.03 Å². The van der Waals surface area contributed by atoms with Gasteiger partial charge in [0.2, 0.25) is 5.91 Å². The van der Waals surface area contributed by atoms with Crippen molar-refractivity contribution in [3.8, 4) is 12.3 Å². The number of terminal acetylenes is 1. The van der Waals surface area contributed by atoms with Gasteiger partial charge in [-0.05, 0) is 19.1 Å². The molecule has 0 bridgehead atoms. The Morgan fingerprint density at radius 2 is 2.39 bits per heavy atom. The van der Waals surface area contributed by atoms with E-state index in [2.05, 4.69) is 16.2 Å². The number of aromatic nitrogens is 1. The van der Waals surface area contributed by atoms with E-state index in [4.69, 9.17) is 11.5 Å². The summed E-state index contributed by atoms with van der Waals surface area (Å²) < 4.78 is 0. The summed E-state index contributed by atoms with van der Waals surface area (Å²) in [4.78, 5) is 26.3. The highest BCUT2D eigenvalue weighted by molar-refractivity contribution is 8.00. The number of pyridine rings is 1. The quantitative estimate of drug-likeness (QED) is 0.613. The summed E-state index contributed by atoms with van der Waals surface area (Å²) in [6.07, 6.45) is 6.43. The number of hydrogen-bond acceptors (Lipinski definition) is 4. The molecule has 5 nitrogen and oxygen atoms in total. The maximum Gasteiger partial charge on any atom is 0.335 e. The number of aromatic carboxylic acids is 1. The van der Waals surface area contributed by atoms with Crippen LogP contribution in [-0.2, 0) is 4.79 Å². The number of rotatable bonds is 5. The van der Waals surface area contributed by atoms with Crippen LogP contribution in [0.4, 0.5) is 0 Å². The first-order valence-corrected chi connectivity index (χ1v) is 5.99. The highest BCUT2D eigenvalue weighted by atomic mass is 32.2. The summed E-state index contributed by atoms with van der Waals surface area (Å²) in [6.45, 7) is 1.87. The van der Waals surface area contributed by atoms with Crippen molar-refractivity contribution in [2.75, 3.05) is 6.54 Å². The van der Waals surface area contributed by atoms with Gasteiger partial charge in [0.15, 0.2) is 0 Å². The van der Waals surface area contributed by atoms with Crippen molar-refractivity contribution >= 4 is 23.6 Å². The number of nitrogens with one attached hydrogen (secondary N) is 1. The molecule has 2 N–H and O–H groups in total. The normalized spacial score (nSPS) is 11.3. The monoisotopic (exact) mass is 264 g/mol. The number of nitrogens with zero attached hydrogens (tertiary/aromatic N) is 1. The number of carboxylic acid groups (broad SMARTS) is 1. The standard InChI is InChI=1S/C12H12N2O3S/c1-3-5-14-11(15)8(2)18-10-7-9(12(16)17)4-6-13-10/h1,4,6-8H,5H2,2H3,(H,14,15)(H,16,17). The summed E-state index contributed by atoms with van der Waals surface area (Å²) >= 11 is 1.18. The van der Waals surface area contributed by atoms with Gasteiger partial charge in [-0.15, -0.1) is 6.42 Å². The molecule has 1 heterocycles. The van der Waals surface area contributed by atoms with E-state index < -0.39 is 11.2 Å². The lowest BCUT2D eigenvalue weighted by Crippen LogP contribution is -2.31. The molecule has 0 saturated heterocycles. The minimum Gasteiger partial charge on any atom is -0.478 e. The lowest BCUT2D eigenvalue weighted by molar-refractivity contribution is -0.120. The van der Waals surface area contributed by atoms with Gasteiger partial charge in [0, 0.05) is 6.20 Å². The second kappa shape index (κ2) is 6.67. The van der Waals surface area contributed by atoms with Crippen LogP contribution < -0.4 is 5.32 Å². The molecule has 6 heteroatoms. The van der Waals surface area contributed by atoms with Gasteiger partial charge >= 0.3 is 5.97 Å². The zero-order valence-electron chi connectivity index (χ0n) is 9.71. The van der Waals surface area contributed by atoms with E-state index in [1.807, 2.05) is 0 Å². The Balaban J connectivity index is 2.67. The molecule has 0 fully saturated rings. The zero-order valence-corrected chi connectivity index (χ0v) is 10.5. The van der Waals surface area contributed by atoms with Gasteiger partial charge < -0.3 is 10.4 Å². The van der Waals surface area contributed by atoms with Crippen LogP contribution in [0.5, 0.6) is 0 Å². The van der Waals surface area contributed by atoms with Gasteiger partial charge in [0.25, 0.3) is 0 Å². The van der Waals surface area contributed by atoms with E-state index >= 15 is 0 Å². The molecule has 0 radical (unpaired) electrons. The third-order valence-corrected chi connectivity index (χ3v) is 3.05. The Morgan fingerprint density at radius 1 is 1.67 bits per heavy atom. The average molecular weight is 264 g/mol. The van der Waals surface area contributed by atoms with E-state index in [1.54, 1.807) is 6.92 Å². The van der Waals surface area contributed by atoms with Gasteiger partial charge in [-0.3, -0.25) is 4.79 Å². The Morgan fingerprint density at radius 3 is 3.00 bits per heavy atom. The molecule has 1 amide bonds. The molecule has 0 spiro atoms. The highest BCUT2D eigenvalue weighted by Gasteiger charge is 2.15. The fraction of sp³-hybridized carbons (Fsp3) is 0.250. The highest BCUT2D eigenvalue weighted by Crippen LogP contribution is 2.21. The largest absolute Gasteiger partial charge is 0.478 e. The SMILES string of the molecule is C#CCNC(=O)C(C)Sc1cc(C(=O)O)ccn1. The molecule has 0 aliphatic carbocycles. The summed E-state index contributed by atoms with van der Waals surface area (Å²) in [5.74, 6) is 1.07. The maximum absolute atomic E-state index is 11.6. The molecule has 0 saturated carbocycles. The van der Waals surface area contributed by atoms with Crippen LogP contribution >= 0.6 is 11.8 Å². The molecular weight excluding hydrogens is 252 g/mol. The van der Waals surface area contributed by atoms with Crippen molar-refractivity contribution < 1.29 is 14.7 Å². The molecular formula is C12H12N2O3S. The van der Waals surface area contributed by atoms with Gasteiger partial charge in [0.1, 0.15) is 0 Å². The first-order chi connectivity index (χ1) is 8.54. The first-order valence-electron chi connectivity index (χ1n) is 5.11. The fourth-order valence-electron chi connectivity index (χ4n) is 1.12. The van der Waals surface area contributed by atoms with Crippen molar-refractivity contribution in [2.45, 2.75) is 17.2 Å². The minimum atomic E-state index is -1.02. The third kappa shape index (κ3) is 4.11. The lowest BCUT2D eigenvalue weighted by atomic mass is 10.3. The van der Waals surface area contributed by atoms with Gasteiger partial charge in [-0.1, -0.05) is 17.7 Å². The van der Waals surface area contributed by atoms with Crippen LogP contribution in [0.25, 0.3) is 0 Å². The van der Waals surface area contributed by atoms with Crippen LogP contribution in [0.1, 0.15) is 17.3 Å². The Bertz CT molecular complexity index is 496. The first kappa shape index (κ1) is 14.1. The smallest absolute Gasteiger partial charge is 0.335 e. The second-order valence-corrected chi connectivity index (χ2v) is 4.73. The number of hydrogen-bond donors (Lipinski definition) is 2. The van der Waals surface area contributed by atoms with Crippen LogP contribution in [0.3, 0.4) is 0 Å².